The molecule has 0 aliphatic carbocycles. The number of amides is 2. The van der Waals surface area contributed by atoms with Crippen LogP contribution in [0.4, 0.5) is 4.39 Å². The van der Waals surface area contributed by atoms with E-state index in [2.05, 4.69) is 5.32 Å². The van der Waals surface area contributed by atoms with Gasteiger partial charge in [-0.1, -0.05) is 25.1 Å². The zero-order valence-electron chi connectivity index (χ0n) is 11.8. The van der Waals surface area contributed by atoms with Crippen molar-refractivity contribution in [3.8, 4) is 0 Å². The van der Waals surface area contributed by atoms with Crippen molar-refractivity contribution < 1.29 is 14.0 Å². The Kier molecular flexibility index (Phi) is 4.06. The zero-order valence-corrected chi connectivity index (χ0v) is 11.8. The van der Waals surface area contributed by atoms with E-state index in [0.717, 1.165) is 0 Å². The second-order valence-corrected chi connectivity index (χ2v) is 5.30. The molecular formula is C15H19FN2O2. The molecule has 20 heavy (non-hydrogen) atoms. The molecule has 0 radical (unpaired) electrons. The summed E-state index contributed by atoms with van der Waals surface area (Å²) in [6.45, 7) is 3.98. The number of hydrogen-bond acceptors (Lipinski definition) is 2. The number of piperazine rings is 1. The largest absolute Gasteiger partial charge is 0.340 e. The first-order chi connectivity index (χ1) is 9.46. The average molecular weight is 278 g/mol. The van der Waals surface area contributed by atoms with Crippen molar-refractivity contribution in [3.63, 3.8) is 0 Å². The molecule has 1 atom stereocenters. The molecule has 1 saturated heterocycles. The maximum atomic E-state index is 13.6. The molecule has 2 rings (SSSR count). The highest BCUT2D eigenvalue weighted by molar-refractivity contribution is 5.97. The molecule has 1 fully saturated rings. The first-order valence-electron chi connectivity index (χ1n) is 6.80. The summed E-state index contributed by atoms with van der Waals surface area (Å²) in [5.74, 6) is -0.543. The highest BCUT2D eigenvalue weighted by Gasteiger charge is 2.41. The number of carbonyl (C=O) groups is 2. The lowest BCUT2D eigenvalue weighted by Gasteiger charge is -2.39. The van der Waals surface area contributed by atoms with Gasteiger partial charge in [0.15, 0.2) is 0 Å². The van der Waals surface area contributed by atoms with E-state index in [1.807, 2.05) is 6.92 Å². The van der Waals surface area contributed by atoms with E-state index in [9.17, 15) is 14.0 Å². The highest BCUT2D eigenvalue weighted by Crippen LogP contribution is 2.18. The molecule has 1 aromatic carbocycles. The monoisotopic (exact) mass is 278 g/mol. The summed E-state index contributed by atoms with van der Waals surface area (Å²) in [5, 5.41) is 2.73. The van der Waals surface area contributed by atoms with Gasteiger partial charge in [-0.15, -0.1) is 0 Å². The molecule has 0 aromatic heterocycles. The molecule has 1 unspecified atom stereocenters. The van der Waals surface area contributed by atoms with E-state index in [0.29, 0.717) is 24.9 Å². The maximum absolute atomic E-state index is 13.6. The van der Waals surface area contributed by atoms with Crippen molar-refractivity contribution in [1.29, 1.82) is 0 Å². The van der Waals surface area contributed by atoms with Gasteiger partial charge in [0.25, 0.3) is 0 Å². The molecule has 1 N–H and O–H groups in total. The van der Waals surface area contributed by atoms with Crippen LogP contribution in [0.2, 0.25) is 0 Å². The van der Waals surface area contributed by atoms with Crippen molar-refractivity contribution in [2.45, 2.75) is 32.2 Å². The van der Waals surface area contributed by atoms with Crippen molar-refractivity contribution in [2.24, 2.45) is 0 Å². The number of nitrogens with one attached hydrogen (secondary N) is 1. The first-order valence-corrected chi connectivity index (χ1v) is 6.80. The van der Waals surface area contributed by atoms with Crippen molar-refractivity contribution >= 4 is 11.8 Å². The minimum atomic E-state index is -0.843. The summed E-state index contributed by atoms with van der Waals surface area (Å²) in [6, 6.07) is 6.49. The summed E-state index contributed by atoms with van der Waals surface area (Å²) < 4.78 is 13.6. The standard InChI is InChI=1S/C15H19FN2O2/c1-3-15(2)14(20)18(10-13(19)17-15)9-8-11-6-4-5-7-12(11)16/h4-7H,3,8-10H2,1-2H3,(H,17,19). The molecule has 1 aromatic rings. The van der Waals surface area contributed by atoms with Crippen LogP contribution in [0.5, 0.6) is 0 Å². The third-order valence-corrected chi connectivity index (χ3v) is 3.83. The summed E-state index contributed by atoms with van der Waals surface area (Å²) in [5.41, 5.74) is -0.283. The molecule has 0 bridgehead atoms. The Balaban J connectivity index is 2.07. The van der Waals surface area contributed by atoms with Crippen LogP contribution in [0, 0.1) is 5.82 Å². The van der Waals surface area contributed by atoms with Gasteiger partial charge in [-0.2, -0.15) is 0 Å². The van der Waals surface area contributed by atoms with Gasteiger partial charge in [0.1, 0.15) is 11.4 Å². The van der Waals surface area contributed by atoms with Crippen LogP contribution in [0.25, 0.3) is 0 Å². The predicted octanol–water partition coefficient (Wildman–Crippen LogP) is 1.50. The van der Waals surface area contributed by atoms with E-state index in [-0.39, 0.29) is 24.2 Å². The van der Waals surface area contributed by atoms with Crippen LogP contribution in [0.15, 0.2) is 24.3 Å². The number of rotatable bonds is 4. The predicted molar refractivity (Wildman–Crippen MR) is 73.5 cm³/mol. The number of hydrogen-bond donors (Lipinski definition) is 1. The minimum Gasteiger partial charge on any atom is -0.340 e. The highest BCUT2D eigenvalue weighted by atomic mass is 19.1. The van der Waals surface area contributed by atoms with Crippen LogP contribution in [-0.2, 0) is 16.0 Å². The van der Waals surface area contributed by atoms with Gasteiger partial charge in [-0.05, 0) is 31.4 Å². The number of halogens is 1. The zero-order chi connectivity index (χ0) is 14.8. The lowest BCUT2D eigenvalue weighted by atomic mass is 9.94. The van der Waals surface area contributed by atoms with Crippen molar-refractivity contribution in [2.75, 3.05) is 13.1 Å². The van der Waals surface area contributed by atoms with Crippen molar-refractivity contribution in [3.05, 3.63) is 35.6 Å². The Hall–Kier alpha value is -1.91. The summed E-state index contributed by atoms with van der Waals surface area (Å²) in [6.07, 6.45) is 0.944. The number of benzene rings is 1. The van der Waals surface area contributed by atoms with E-state index in [4.69, 9.17) is 0 Å². The van der Waals surface area contributed by atoms with Crippen LogP contribution in [-0.4, -0.2) is 35.3 Å². The molecule has 1 aliphatic heterocycles. The SMILES string of the molecule is CCC1(C)NC(=O)CN(CCc2ccccc2F)C1=O. The van der Waals surface area contributed by atoms with Crippen molar-refractivity contribution in [1.82, 2.24) is 10.2 Å². The number of carbonyl (C=O) groups excluding carboxylic acids is 2. The van der Waals surface area contributed by atoms with Crippen LogP contribution >= 0.6 is 0 Å². The van der Waals surface area contributed by atoms with Gasteiger partial charge in [-0.3, -0.25) is 9.59 Å². The molecule has 108 valence electrons. The maximum Gasteiger partial charge on any atom is 0.248 e. The van der Waals surface area contributed by atoms with Gasteiger partial charge < -0.3 is 10.2 Å². The van der Waals surface area contributed by atoms with E-state index >= 15 is 0 Å². The molecule has 2 amide bonds. The van der Waals surface area contributed by atoms with E-state index in [1.165, 1.54) is 11.0 Å². The molecule has 4 nitrogen and oxygen atoms in total. The minimum absolute atomic E-state index is 0.0445. The fourth-order valence-corrected chi connectivity index (χ4v) is 2.37. The fraction of sp³-hybridized carbons (Fsp3) is 0.467. The molecule has 1 aliphatic rings. The lowest BCUT2D eigenvalue weighted by molar-refractivity contribution is -0.149. The second-order valence-electron chi connectivity index (χ2n) is 5.30. The second kappa shape index (κ2) is 5.61. The Morgan fingerprint density at radius 3 is 2.70 bits per heavy atom. The van der Waals surface area contributed by atoms with Gasteiger partial charge in [0.2, 0.25) is 11.8 Å². The van der Waals surface area contributed by atoms with Gasteiger partial charge in [-0.25, -0.2) is 4.39 Å². The molecule has 0 spiro atoms. The Morgan fingerprint density at radius 2 is 2.05 bits per heavy atom. The molecule has 5 heteroatoms. The topological polar surface area (TPSA) is 49.4 Å². The Bertz CT molecular complexity index is 532. The van der Waals surface area contributed by atoms with Gasteiger partial charge in [0, 0.05) is 6.54 Å². The van der Waals surface area contributed by atoms with Crippen LogP contribution in [0.3, 0.4) is 0 Å². The van der Waals surface area contributed by atoms with Gasteiger partial charge >= 0.3 is 0 Å². The lowest BCUT2D eigenvalue weighted by Crippen LogP contribution is -2.65. The average Bonchev–Trinajstić information content (AvgIpc) is 2.43. The van der Waals surface area contributed by atoms with E-state index in [1.54, 1.807) is 25.1 Å². The van der Waals surface area contributed by atoms with E-state index < -0.39 is 5.54 Å². The quantitative estimate of drug-likeness (QED) is 0.907. The molecule has 1 heterocycles. The Morgan fingerprint density at radius 1 is 1.35 bits per heavy atom. The summed E-state index contributed by atoms with van der Waals surface area (Å²) >= 11 is 0. The normalized spacial score (nSPS) is 22.9. The smallest absolute Gasteiger partial charge is 0.248 e. The molecule has 0 saturated carbocycles. The fourth-order valence-electron chi connectivity index (χ4n) is 2.37. The summed E-state index contributed by atoms with van der Waals surface area (Å²) in [7, 11) is 0. The van der Waals surface area contributed by atoms with Crippen LogP contribution < -0.4 is 5.32 Å². The third kappa shape index (κ3) is 2.81. The Labute approximate surface area is 118 Å². The summed E-state index contributed by atoms with van der Waals surface area (Å²) in [4.78, 5) is 25.5. The molecular weight excluding hydrogens is 259 g/mol. The number of nitrogens with zero attached hydrogens (tertiary/aromatic N) is 1. The van der Waals surface area contributed by atoms with Crippen LogP contribution in [0.1, 0.15) is 25.8 Å². The first kappa shape index (κ1) is 14.5. The third-order valence-electron chi connectivity index (χ3n) is 3.83. The van der Waals surface area contributed by atoms with Gasteiger partial charge in [0.05, 0.1) is 6.54 Å².